The second kappa shape index (κ2) is 10.5. The van der Waals surface area contributed by atoms with Gasteiger partial charge in [0.2, 0.25) is 0 Å². The molecule has 0 radical (unpaired) electrons. The summed E-state index contributed by atoms with van der Waals surface area (Å²) >= 11 is 0. The maximum absolute atomic E-state index is 15.0. The van der Waals surface area contributed by atoms with Crippen LogP contribution in [-0.4, -0.2) is 53.8 Å². The first-order valence-corrected chi connectivity index (χ1v) is 11.6. The third-order valence-corrected chi connectivity index (χ3v) is 5.84. The van der Waals surface area contributed by atoms with E-state index in [1.54, 1.807) is 0 Å². The number of aromatic nitrogens is 6. The third-order valence-electron chi connectivity index (χ3n) is 5.84. The van der Waals surface area contributed by atoms with Crippen LogP contribution in [0.2, 0.25) is 0 Å². The Bertz CT molecular complexity index is 1560. The van der Waals surface area contributed by atoms with E-state index in [1.165, 1.54) is 18.4 Å². The van der Waals surface area contributed by atoms with Crippen molar-refractivity contribution in [3.63, 3.8) is 0 Å². The summed E-state index contributed by atoms with van der Waals surface area (Å²) in [6.07, 6.45) is 3.32. The Kier molecular flexibility index (Phi) is 6.91. The number of pyridine rings is 1. The molecular formula is C23H20F4N10O2. The third kappa shape index (κ3) is 6.00. The van der Waals surface area contributed by atoms with E-state index in [0.29, 0.717) is 11.6 Å². The van der Waals surface area contributed by atoms with Crippen LogP contribution in [0.4, 0.5) is 17.6 Å². The van der Waals surface area contributed by atoms with E-state index in [1.807, 2.05) is 22.9 Å². The predicted octanol–water partition coefficient (Wildman–Crippen LogP) is 2.43. The number of imidazole rings is 1. The Balaban J connectivity index is 1.27. The lowest BCUT2D eigenvalue weighted by Crippen LogP contribution is -2.33. The van der Waals surface area contributed by atoms with Crippen molar-refractivity contribution in [2.75, 3.05) is 0 Å². The number of nitrogens with zero attached hydrogens (tertiary/aromatic N) is 8. The Labute approximate surface area is 217 Å². The number of benzene rings is 1. The van der Waals surface area contributed by atoms with Crippen LogP contribution in [0.15, 0.2) is 53.1 Å². The molecule has 0 saturated heterocycles. The number of nitrogens with one attached hydrogen (secondary N) is 1. The number of hydrogen-bond acceptors (Lipinski definition) is 9. The lowest BCUT2D eigenvalue weighted by Gasteiger charge is -2.15. The predicted molar refractivity (Wildman–Crippen MR) is 129 cm³/mol. The van der Waals surface area contributed by atoms with Crippen LogP contribution in [0, 0.1) is 5.82 Å². The van der Waals surface area contributed by atoms with Crippen molar-refractivity contribution in [2.24, 2.45) is 15.9 Å². The molecule has 0 spiro atoms. The molecule has 1 amide bonds. The number of aliphatic imine (C=N–C) groups is 1. The van der Waals surface area contributed by atoms with E-state index >= 15 is 0 Å². The summed E-state index contributed by atoms with van der Waals surface area (Å²) in [4.78, 5) is 21.3. The van der Waals surface area contributed by atoms with Crippen LogP contribution in [0.5, 0.6) is 5.75 Å². The fraction of sp³-hybridized carbons (Fsp3) is 0.261. The molecule has 12 nitrogen and oxygen atoms in total. The average Bonchev–Trinajstić information content (AvgIpc) is 3.44. The highest BCUT2D eigenvalue weighted by Crippen LogP contribution is 2.39. The first-order chi connectivity index (χ1) is 18.7. The first-order valence-electron chi connectivity index (χ1n) is 11.6. The number of rotatable bonds is 9. The van der Waals surface area contributed by atoms with Gasteiger partial charge >= 0.3 is 6.36 Å². The molecule has 3 N–H and O–H groups in total. The van der Waals surface area contributed by atoms with E-state index in [2.05, 4.69) is 46.7 Å². The molecule has 16 heteroatoms. The zero-order valence-electron chi connectivity index (χ0n) is 20.0. The largest absolute Gasteiger partial charge is 0.573 e. The van der Waals surface area contributed by atoms with Gasteiger partial charge in [-0.2, -0.15) is 5.10 Å². The fourth-order valence-corrected chi connectivity index (χ4v) is 3.88. The van der Waals surface area contributed by atoms with Gasteiger partial charge in [0, 0.05) is 24.5 Å². The number of fused-ring (bicyclic) bond motifs is 1. The number of hydrazone groups is 1. The van der Waals surface area contributed by atoms with Gasteiger partial charge in [-0.15, -0.1) is 18.3 Å². The maximum Gasteiger partial charge on any atom is 0.573 e. The summed E-state index contributed by atoms with van der Waals surface area (Å²) in [7, 11) is 0. The molecule has 202 valence electrons. The number of alkyl halides is 3. The summed E-state index contributed by atoms with van der Waals surface area (Å²) in [5.41, 5.74) is 1.95. The van der Waals surface area contributed by atoms with Gasteiger partial charge in [-0.05, 0) is 52.9 Å². The molecule has 0 atom stereocenters. The number of nitrogens with two attached hydrogens (primary N) is 1. The molecule has 1 saturated carbocycles. The van der Waals surface area contributed by atoms with Gasteiger partial charge in [0.1, 0.15) is 12.0 Å². The summed E-state index contributed by atoms with van der Waals surface area (Å²) in [5.74, 6) is 2.62. The molecule has 3 aromatic heterocycles. The number of carbonyl (C=O) groups is 1. The SMILES string of the molecule is NN=C(C=NCc1cn2cc(C3CC3)ccc2n1)C(=O)NCc1c(-n2cnnn2)ccc(OC(F)(F)F)c1F. The van der Waals surface area contributed by atoms with Crippen LogP contribution in [0.25, 0.3) is 11.3 Å². The second-order valence-corrected chi connectivity index (χ2v) is 8.58. The smallest absolute Gasteiger partial charge is 0.403 e. The number of halogens is 4. The molecule has 0 aliphatic heterocycles. The van der Waals surface area contributed by atoms with Crippen LogP contribution in [-0.2, 0) is 17.9 Å². The molecule has 1 fully saturated rings. The zero-order valence-corrected chi connectivity index (χ0v) is 20.0. The average molecular weight is 544 g/mol. The van der Waals surface area contributed by atoms with Gasteiger partial charge in [0.05, 0.1) is 24.1 Å². The number of hydrogen-bond donors (Lipinski definition) is 2. The molecule has 0 unspecified atom stereocenters. The van der Waals surface area contributed by atoms with Crippen molar-refractivity contribution < 1.29 is 27.1 Å². The monoisotopic (exact) mass is 544 g/mol. The molecule has 0 bridgehead atoms. The van der Waals surface area contributed by atoms with E-state index in [0.717, 1.165) is 35.0 Å². The first kappa shape index (κ1) is 25.7. The van der Waals surface area contributed by atoms with E-state index in [9.17, 15) is 22.4 Å². The van der Waals surface area contributed by atoms with Gasteiger partial charge in [0.25, 0.3) is 5.91 Å². The molecule has 1 aliphatic rings. The van der Waals surface area contributed by atoms with Crippen LogP contribution >= 0.6 is 0 Å². The fourth-order valence-electron chi connectivity index (χ4n) is 3.88. The van der Waals surface area contributed by atoms with Crippen LogP contribution in [0.3, 0.4) is 0 Å². The minimum Gasteiger partial charge on any atom is -0.403 e. The van der Waals surface area contributed by atoms with Crippen molar-refractivity contribution in [2.45, 2.75) is 38.2 Å². The van der Waals surface area contributed by atoms with Crippen molar-refractivity contribution in [3.05, 3.63) is 65.6 Å². The standard InChI is InChI=1S/C23H20F4N10O2/c24-21-16(18(37-12-31-34-35-37)4-5-19(21)39-23(25,26)27)8-30-22(38)17(33-28)9-29-7-15-11-36-10-14(13-1-2-13)3-6-20(36)32-15/h3-6,9-13H,1-2,7-8,28H2,(H,30,38). The lowest BCUT2D eigenvalue weighted by molar-refractivity contribution is -0.275. The van der Waals surface area contributed by atoms with Gasteiger partial charge in [-0.1, -0.05) is 6.07 Å². The van der Waals surface area contributed by atoms with E-state index in [4.69, 9.17) is 5.84 Å². The molecule has 39 heavy (non-hydrogen) atoms. The molecular weight excluding hydrogens is 524 g/mol. The van der Waals surface area contributed by atoms with Crippen molar-refractivity contribution in [1.82, 2.24) is 34.9 Å². The highest BCUT2D eigenvalue weighted by Gasteiger charge is 2.33. The van der Waals surface area contributed by atoms with Gasteiger partial charge in [0.15, 0.2) is 17.3 Å². The van der Waals surface area contributed by atoms with Crippen molar-refractivity contribution in [1.29, 1.82) is 0 Å². The van der Waals surface area contributed by atoms with E-state index < -0.39 is 30.4 Å². The lowest BCUT2D eigenvalue weighted by atomic mass is 10.1. The molecule has 4 aromatic rings. The van der Waals surface area contributed by atoms with Gasteiger partial charge in [-0.3, -0.25) is 9.79 Å². The topological polar surface area (TPSA) is 150 Å². The van der Waals surface area contributed by atoms with E-state index in [-0.39, 0.29) is 23.5 Å². The van der Waals surface area contributed by atoms with Crippen LogP contribution < -0.4 is 15.9 Å². The summed E-state index contributed by atoms with van der Waals surface area (Å²) in [6, 6.07) is 5.87. The quantitative estimate of drug-likeness (QED) is 0.142. The van der Waals surface area contributed by atoms with Crippen molar-refractivity contribution in [3.8, 4) is 11.4 Å². The minimum atomic E-state index is -5.13. The molecule has 3 heterocycles. The minimum absolute atomic E-state index is 0.0241. The van der Waals surface area contributed by atoms with Crippen molar-refractivity contribution >= 4 is 23.5 Å². The number of carbonyl (C=O) groups excluding carboxylic acids is 1. The zero-order chi connectivity index (χ0) is 27.6. The van der Waals surface area contributed by atoms with Gasteiger partial charge < -0.3 is 20.3 Å². The molecule has 5 rings (SSSR count). The molecule has 1 aromatic carbocycles. The number of amides is 1. The second-order valence-electron chi connectivity index (χ2n) is 8.58. The van der Waals surface area contributed by atoms with Gasteiger partial charge in [-0.25, -0.2) is 14.1 Å². The van der Waals surface area contributed by atoms with Crippen LogP contribution in [0.1, 0.15) is 35.6 Å². The normalized spacial score (nSPS) is 14.3. The Morgan fingerprint density at radius 1 is 1.23 bits per heavy atom. The summed E-state index contributed by atoms with van der Waals surface area (Å²) in [5, 5.41) is 16.2. The summed E-state index contributed by atoms with van der Waals surface area (Å²) in [6.45, 7) is -0.445. The molecule has 1 aliphatic carbocycles. The highest BCUT2D eigenvalue weighted by atomic mass is 19.4. The number of tetrazole rings is 1. The Morgan fingerprint density at radius 3 is 2.74 bits per heavy atom. The maximum atomic E-state index is 15.0. The highest BCUT2D eigenvalue weighted by molar-refractivity contribution is 6.60. The Hall–Kier alpha value is -4.89. The Morgan fingerprint density at radius 2 is 2.05 bits per heavy atom. The number of ether oxygens (including phenoxy) is 1. The summed E-state index contributed by atoms with van der Waals surface area (Å²) < 4.78 is 59.8.